The zero-order valence-electron chi connectivity index (χ0n) is 21.7. The maximum absolute atomic E-state index is 13.6. The molecule has 3 N–H and O–H groups in total. The highest BCUT2D eigenvalue weighted by atomic mass is 32.1. The first-order valence-corrected chi connectivity index (χ1v) is 12.7. The number of nitrogens with two attached hydrogens (primary N) is 1. The van der Waals surface area contributed by atoms with Gasteiger partial charge >= 0.3 is 0 Å². The molecule has 0 aliphatic rings. The van der Waals surface area contributed by atoms with E-state index in [1.54, 1.807) is 56.3 Å². The van der Waals surface area contributed by atoms with Crippen LogP contribution in [0.4, 0.5) is 5.00 Å². The van der Waals surface area contributed by atoms with Gasteiger partial charge in [0.1, 0.15) is 10.6 Å². The van der Waals surface area contributed by atoms with Crippen molar-refractivity contribution in [2.45, 2.75) is 33.3 Å². The van der Waals surface area contributed by atoms with Gasteiger partial charge in [0.05, 0.1) is 25.2 Å². The largest absolute Gasteiger partial charge is 0.493 e. The van der Waals surface area contributed by atoms with Crippen LogP contribution in [0.15, 0.2) is 51.7 Å². The minimum atomic E-state index is -1.07. The van der Waals surface area contributed by atoms with Gasteiger partial charge in [0.25, 0.3) is 11.8 Å². The van der Waals surface area contributed by atoms with Crippen molar-refractivity contribution < 1.29 is 28.2 Å². The van der Waals surface area contributed by atoms with E-state index in [1.165, 1.54) is 25.6 Å². The number of ether oxygens (including phenoxy) is 3. The number of benzene rings is 2. The minimum absolute atomic E-state index is 0.119. The molecule has 2 heterocycles. The van der Waals surface area contributed by atoms with E-state index in [2.05, 4.69) is 5.32 Å². The van der Waals surface area contributed by atoms with Crippen LogP contribution in [0.2, 0.25) is 0 Å². The minimum Gasteiger partial charge on any atom is -0.493 e. The van der Waals surface area contributed by atoms with E-state index in [0.717, 1.165) is 4.88 Å². The summed E-state index contributed by atoms with van der Waals surface area (Å²) in [5.74, 6) is -0.212. The number of rotatable bonds is 9. The van der Waals surface area contributed by atoms with Gasteiger partial charge in [-0.15, -0.1) is 11.3 Å². The van der Waals surface area contributed by atoms with Crippen LogP contribution in [-0.4, -0.2) is 32.1 Å². The Morgan fingerprint density at radius 3 is 2.45 bits per heavy atom. The van der Waals surface area contributed by atoms with Gasteiger partial charge in [-0.1, -0.05) is 19.1 Å². The van der Waals surface area contributed by atoms with Gasteiger partial charge in [0.2, 0.25) is 11.2 Å². The van der Waals surface area contributed by atoms with E-state index >= 15 is 0 Å². The number of hydrogen-bond acceptors (Lipinski definition) is 8. The van der Waals surface area contributed by atoms with E-state index in [1.807, 2.05) is 6.92 Å². The van der Waals surface area contributed by atoms with Gasteiger partial charge in [0.15, 0.2) is 23.4 Å². The molecule has 2 aromatic carbocycles. The molecule has 4 rings (SSSR count). The average molecular weight is 537 g/mol. The lowest BCUT2D eigenvalue weighted by molar-refractivity contribution is -0.122. The van der Waals surface area contributed by atoms with Gasteiger partial charge < -0.3 is 29.7 Å². The van der Waals surface area contributed by atoms with Crippen LogP contribution in [0.1, 0.15) is 34.1 Å². The third-order valence-electron chi connectivity index (χ3n) is 6.19. The predicted octanol–water partition coefficient (Wildman–Crippen LogP) is 5.05. The van der Waals surface area contributed by atoms with Crippen molar-refractivity contribution >= 4 is 39.1 Å². The zero-order chi connectivity index (χ0) is 27.6. The third kappa shape index (κ3) is 4.95. The molecule has 0 bridgehead atoms. The molecular formula is C28H28N2O7S. The number of nitrogens with one attached hydrogen (secondary N) is 1. The second kappa shape index (κ2) is 11.0. The predicted molar refractivity (Wildman–Crippen MR) is 147 cm³/mol. The monoisotopic (exact) mass is 536 g/mol. The molecule has 198 valence electrons. The molecule has 10 heteroatoms. The Balaban J connectivity index is 1.79. The molecule has 0 spiro atoms. The van der Waals surface area contributed by atoms with E-state index in [9.17, 15) is 14.4 Å². The quantitative estimate of drug-likeness (QED) is 0.306. The second-order valence-corrected chi connectivity index (χ2v) is 9.74. The summed E-state index contributed by atoms with van der Waals surface area (Å²) in [6, 6.07) is 11.8. The lowest BCUT2D eigenvalue weighted by atomic mass is 10.1. The Morgan fingerprint density at radius 2 is 1.79 bits per heavy atom. The van der Waals surface area contributed by atoms with Gasteiger partial charge in [0, 0.05) is 10.4 Å². The summed E-state index contributed by atoms with van der Waals surface area (Å²) in [7, 11) is 3.02. The molecule has 0 radical (unpaired) electrons. The Hall–Kier alpha value is -4.31. The van der Waals surface area contributed by atoms with Crippen LogP contribution in [0, 0.1) is 13.8 Å². The normalized spacial score (nSPS) is 11.7. The summed E-state index contributed by atoms with van der Waals surface area (Å²) in [6.07, 6.45) is -0.833. The van der Waals surface area contributed by atoms with Crippen LogP contribution in [-0.2, 0) is 4.79 Å². The number of methoxy groups -OCH3 is 2. The topological polar surface area (TPSA) is 130 Å². The number of primary amides is 1. The number of carbonyl (C=O) groups is 2. The van der Waals surface area contributed by atoms with E-state index in [0.29, 0.717) is 38.6 Å². The molecule has 38 heavy (non-hydrogen) atoms. The van der Waals surface area contributed by atoms with Crippen molar-refractivity contribution in [1.29, 1.82) is 0 Å². The third-order valence-corrected chi connectivity index (χ3v) is 7.32. The first-order chi connectivity index (χ1) is 18.2. The summed E-state index contributed by atoms with van der Waals surface area (Å²) in [5, 5.41) is 3.40. The van der Waals surface area contributed by atoms with Crippen LogP contribution in [0.5, 0.6) is 17.2 Å². The summed E-state index contributed by atoms with van der Waals surface area (Å²) in [4.78, 5) is 39.8. The number of carbonyl (C=O) groups excluding carboxylic acids is 2. The molecule has 9 nitrogen and oxygen atoms in total. The lowest BCUT2D eigenvalue weighted by Crippen LogP contribution is -2.34. The Labute approximate surface area is 223 Å². The molecular weight excluding hydrogens is 508 g/mol. The molecule has 2 aromatic heterocycles. The molecule has 1 atom stereocenters. The standard InChI is InChI=1S/C28H28N2O7S/c1-6-18(27(33)30-28-22(26(29)32)14(2)15(3)38-28)36-25-23(31)17-9-7-8-10-19(17)37-24(25)16-11-12-20(34-4)21(13-16)35-5/h7-13,18H,6H2,1-5H3,(H2,29,32)(H,30,33). The zero-order valence-corrected chi connectivity index (χ0v) is 22.5. The highest BCUT2D eigenvalue weighted by Crippen LogP contribution is 2.37. The SMILES string of the molecule is CCC(Oc1c(-c2ccc(OC)c(OC)c2)oc2ccccc2c1=O)C(=O)Nc1sc(C)c(C)c1C(N)=O. The van der Waals surface area contributed by atoms with Gasteiger partial charge in [-0.25, -0.2) is 0 Å². The number of thiophene rings is 1. The molecule has 4 aromatic rings. The fraction of sp³-hybridized carbons (Fsp3) is 0.250. The van der Waals surface area contributed by atoms with Crippen LogP contribution in [0.3, 0.4) is 0 Å². The fourth-order valence-electron chi connectivity index (χ4n) is 4.07. The van der Waals surface area contributed by atoms with Crippen molar-refractivity contribution in [3.8, 4) is 28.6 Å². The van der Waals surface area contributed by atoms with Crippen LogP contribution < -0.4 is 30.7 Å². The molecule has 2 amide bonds. The highest BCUT2D eigenvalue weighted by Gasteiger charge is 2.27. The first kappa shape index (κ1) is 26.7. The maximum Gasteiger partial charge on any atom is 0.266 e. The van der Waals surface area contributed by atoms with Crippen molar-refractivity contribution in [2.75, 3.05) is 19.5 Å². The highest BCUT2D eigenvalue weighted by molar-refractivity contribution is 7.16. The van der Waals surface area contributed by atoms with Crippen molar-refractivity contribution in [3.63, 3.8) is 0 Å². The number of aryl methyl sites for hydroxylation is 1. The van der Waals surface area contributed by atoms with Crippen molar-refractivity contribution in [3.05, 3.63) is 68.7 Å². The van der Waals surface area contributed by atoms with Crippen LogP contribution in [0.25, 0.3) is 22.3 Å². The van der Waals surface area contributed by atoms with Gasteiger partial charge in [-0.05, 0) is 56.2 Å². The Bertz CT molecular complexity index is 1590. The molecule has 0 fully saturated rings. The molecule has 0 saturated heterocycles. The smallest absolute Gasteiger partial charge is 0.266 e. The summed E-state index contributed by atoms with van der Waals surface area (Å²) < 4.78 is 23.0. The van der Waals surface area contributed by atoms with Crippen LogP contribution >= 0.6 is 11.3 Å². The number of hydrogen-bond donors (Lipinski definition) is 2. The molecule has 1 unspecified atom stereocenters. The fourth-order valence-corrected chi connectivity index (χ4v) is 5.14. The van der Waals surface area contributed by atoms with E-state index in [-0.39, 0.29) is 23.5 Å². The van der Waals surface area contributed by atoms with E-state index < -0.39 is 23.3 Å². The molecule has 0 aliphatic heterocycles. The summed E-state index contributed by atoms with van der Waals surface area (Å²) >= 11 is 1.25. The van der Waals surface area contributed by atoms with Gasteiger partial charge in [-0.3, -0.25) is 14.4 Å². The number of amides is 2. The number of anilines is 1. The molecule has 0 saturated carbocycles. The Kier molecular flexibility index (Phi) is 7.72. The first-order valence-electron chi connectivity index (χ1n) is 11.9. The number of fused-ring (bicyclic) bond motifs is 1. The van der Waals surface area contributed by atoms with Crippen molar-refractivity contribution in [1.82, 2.24) is 0 Å². The molecule has 0 aliphatic carbocycles. The average Bonchev–Trinajstić information content (AvgIpc) is 3.19. The second-order valence-electron chi connectivity index (χ2n) is 8.51. The van der Waals surface area contributed by atoms with E-state index in [4.69, 9.17) is 24.4 Å². The number of para-hydroxylation sites is 1. The van der Waals surface area contributed by atoms with Gasteiger partial charge in [-0.2, -0.15) is 0 Å². The summed E-state index contributed by atoms with van der Waals surface area (Å²) in [6.45, 7) is 5.36. The summed E-state index contributed by atoms with van der Waals surface area (Å²) in [5.41, 5.74) is 6.95. The Morgan fingerprint density at radius 1 is 1.08 bits per heavy atom. The maximum atomic E-state index is 13.6. The van der Waals surface area contributed by atoms with Crippen molar-refractivity contribution in [2.24, 2.45) is 5.73 Å². The lowest BCUT2D eigenvalue weighted by Gasteiger charge is -2.19.